The first-order valence-electron chi connectivity index (χ1n) is 9.81. The Hall–Kier alpha value is -3.19. The number of carbonyl (C=O) groups is 1. The predicted molar refractivity (Wildman–Crippen MR) is 110 cm³/mol. The number of hydrogen-bond donors (Lipinski definition) is 2. The average Bonchev–Trinajstić information content (AvgIpc) is 3.18. The molecule has 1 aromatic carbocycles. The molecule has 1 aliphatic rings. The third kappa shape index (κ3) is 4.63. The molecule has 1 amide bonds. The fourth-order valence-electron chi connectivity index (χ4n) is 3.57. The van der Waals surface area contributed by atoms with E-state index < -0.39 is 0 Å². The highest BCUT2D eigenvalue weighted by molar-refractivity contribution is 5.94. The number of piperidine rings is 1. The number of benzene rings is 1. The van der Waals surface area contributed by atoms with E-state index in [1.54, 1.807) is 25.3 Å². The number of oxazole rings is 1. The highest BCUT2D eigenvalue weighted by Gasteiger charge is 2.23. The quantitative estimate of drug-likeness (QED) is 0.697. The summed E-state index contributed by atoms with van der Waals surface area (Å²) in [4.78, 5) is 33.9. The summed E-state index contributed by atoms with van der Waals surface area (Å²) in [7, 11) is 0. The maximum Gasteiger partial charge on any atom is 0.260 e. The van der Waals surface area contributed by atoms with Gasteiger partial charge in [0.1, 0.15) is 11.8 Å². The zero-order valence-corrected chi connectivity index (χ0v) is 16.4. The third-order valence-electron chi connectivity index (χ3n) is 5.18. The monoisotopic (exact) mass is 392 g/mol. The SMILES string of the molecule is Cc1ccc(C(=O)NC2CCN(Cc3coc(-c4ccccc4)n3)CC2)c(=O)[nH]1. The van der Waals surface area contributed by atoms with Crippen LogP contribution in [0.2, 0.25) is 0 Å². The number of aryl methyl sites for hydroxylation is 1. The second-order valence-corrected chi connectivity index (χ2v) is 7.42. The molecule has 0 atom stereocenters. The first kappa shape index (κ1) is 19.1. The van der Waals surface area contributed by atoms with Crippen molar-refractivity contribution in [3.05, 3.63) is 76.0 Å². The van der Waals surface area contributed by atoms with E-state index in [2.05, 4.69) is 20.2 Å². The van der Waals surface area contributed by atoms with Gasteiger partial charge in [0.15, 0.2) is 0 Å². The van der Waals surface area contributed by atoms with Gasteiger partial charge in [-0.1, -0.05) is 18.2 Å². The van der Waals surface area contributed by atoms with Gasteiger partial charge in [0.05, 0.1) is 5.69 Å². The second-order valence-electron chi connectivity index (χ2n) is 7.42. The van der Waals surface area contributed by atoms with Crippen molar-refractivity contribution >= 4 is 5.91 Å². The van der Waals surface area contributed by atoms with Crippen molar-refractivity contribution in [1.29, 1.82) is 0 Å². The third-order valence-corrected chi connectivity index (χ3v) is 5.18. The van der Waals surface area contributed by atoms with E-state index in [1.807, 2.05) is 30.3 Å². The van der Waals surface area contributed by atoms with E-state index in [4.69, 9.17) is 4.42 Å². The van der Waals surface area contributed by atoms with Gasteiger partial charge in [0.2, 0.25) is 5.89 Å². The minimum Gasteiger partial charge on any atom is -0.444 e. The summed E-state index contributed by atoms with van der Waals surface area (Å²) in [5, 5.41) is 2.99. The van der Waals surface area contributed by atoms with Crippen LogP contribution < -0.4 is 10.9 Å². The van der Waals surface area contributed by atoms with E-state index in [1.165, 1.54) is 0 Å². The minimum atomic E-state index is -0.347. The minimum absolute atomic E-state index is 0.0663. The summed E-state index contributed by atoms with van der Waals surface area (Å²) in [5.41, 5.74) is 2.42. The van der Waals surface area contributed by atoms with Gasteiger partial charge >= 0.3 is 0 Å². The molecule has 0 unspecified atom stereocenters. The van der Waals surface area contributed by atoms with Crippen LogP contribution in [0.5, 0.6) is 0 Å². The number of pyridine rings is 1. The number of rotatable bonds is 5. The number of aromatic amines is 1. The number of amides is 1. The van der Waals surface area contributed by atoms with Gasteiger partial charge < -0.3 is 14.7 Å². The Morgan fingerprint density at radius 3 is 2.69 bits per heavy atom. The van der Waals surface area contributed by atoms with Crippen LogP contribution in [0, 0.1) is 6.92 Å². The molecule has 2 N–H and O–H groups in total. The first-order valence-corrected chi connectivity index (χ1v) is 9.81. The summed E-state index contributed by atoms with van der Waals surface area (Å²) < 4.78 is 5.61. The van der Waals surface area contributed by atoms with Crippen LogP contribution in [0.3, 0.4) is 0 Å². The maximum atomic E-state index is 12.4. The Bertz CT molecular complexity index is 1030. The van der Waals surface area contributed by atoms with Crippen LogP contribution in [0.4, 0.5) is 0 Å². The van der Waals surface area contributed by atoms with Crippen molar-refractivity contribution in [1.82, 2.24) is 20.2 Å². The molecule has 0 spiro atoms. The molecule has 3 aromatic rings. The predicted octanol–water partition coefficient (Wildman–Crippen LogP) is 2.73. The Morgan fingerprint density at radius 1 is 1.21 bits per heavy atom. The van der Waals surface area contributed by atoms with Gasteiger partial charge in [-0.15, -0.1) is 0 Å². The van der Waals surface area contributed by atoms with Crippen LogP contribution in [0.25, 0.3) is 11.5 Å². The molecule has 0 aliphatic carbocycles. The molecule has 7 heteroatoms. The molecule has 3 heterocycles. The molecular formula is C22H24N4O3. The van der Waals surface area contributed by atoms with E-state index in [-0.39, 0.29) is 23.1 Å². The summed E-state index contributed by atoms with van der Waals surface area (Å²) >= 11 is 0. The van der Waals surface area contributed by atoms with Crippen molar-refractivity contribution in [2.45, 2.75) is 32.4 Å². The molecule has 150 valence electrons. The number of likely N-dealkylation sites (tertiary alicyclic amines) is 1. The van der Waals surface area contributed by atoms with Crippen molar-refractivity contribution in [3.63, 3.8) is 0 Å². The lowest BCUT2D eigenvalue weighted by Crippen LogP contribution is -2.45. The van der Waals surface area contributed by atoms with Gasteiger partial charge in [0, 0.05) is 36.9 Å². The second kappa shape index (κ2) is 8.45. The van der Waals surface area contributed by atoms with E-state index in [0.717, 1.165) is 42.9 Å². The lowest BCUT2D eigenvalue weighted by molar-refractivity contribution is 0.0907. The van der Waals surface area contributed by atoms with Crippen LogP contribution in [0.1, 0.15) is 34.6 Å². The number of nitrogens with zero attached hydrogens (tertiary/aromatic N) is 2. The number of hydrogen-bond acceptors (Lipinski definition) is 5. The van der Waals surface area contributed by atoms with Gasteiger partial charge in [-0.05, 0) is 44.0 Å². The average molecular weight is 392 g/mol. The fraction of sp³-hybridized carbons (Fsp3) is 0.318. The van der Waals surface area contributed by atoms with Crippen LogP contribution >= 0.6 is 0 Å². The lowest BCUT2D eigenvalue weighted by atomic mass is 10.0. The van der Waals surface area contributed by atoms with Crippen LogP contribution in [0.15, 0.2) is 57.9 Å². The van der Waals surface area contributed by atoms with E-state index >= 15 is 0 Å². The van der Waals surface area contributed by atoms with Gasteiger partial charge in [0.25, 0.3) is 11.5 Å². The smallest absolute Gasteiger partial charge is 0.260 e. The van der Waals surface area contributed by atoms with E-state index in [9.17, 15) is 9.59 Å². The number of nitrogens with one attached hydrogen (secondary N) is 2. The summed E-state index contributed by atoms with van der Waals surface area (Å²) in [5.74, 6) is 0.319. The largest absolute Gasteiger partial charge is 0.444 e. The standard InChI is InChI=1S/C22H24N4O3/c1-15-7-8-19(20(27)23-15)21(28)24-17-9-11-26(12-10-17)13-18-14-29-22(25-18)16-5-3-2-4-6-16/h2-8,14,17H,9-13H2,1H3,(H,23,27)(H,24,28). The molecule has 1 fully saturated rings. The Morgan fingerprint density at radius 2 is 1.97 bits per heavy atom. The van der Waals surface area contributed by atoms with Crippen molar-refractivity contribution in [3.8, 4) is 11.5 Å². The van der Waals surface area contributed by atoms with E-state index in [0.29, 0.717) is 12.4 Å². The summed E-state index contributed by atoms with van der Waals surface area (Å²) in [6.07, 6.45) is 3.37. The molecular weight excluding hydrogens is 368 g/mol. The highest BCUT2D eigenvalue weighted by Crippen LogP contribution is 2.20. The Balaban J connectivity index is 1.29. The molecule has 4 rings (SSSR count). The molecule has 0 bridgehead atoms. The number of H-pyrrole nitrogens is 1. The highest BCUT2D eigenvalue weighted by atomic mass is 16.3. The molecule has 0 radical (unpaired) electrons. The molecule has 0 saturated carbocycles. The molecule has 2 aromatic heterocycles. The normalized spacial score (nSPS) is 15.3. The Kier molecular flexibility index (Phi) is 5.57. The zero-order valence-electron chi connectivity index (χ0n) is 16.4. The van der Waals surface area contributed by atoms with Crippen molar-refractivity contribution in [2.75, 3.05) is 13.1 Å². The summed E-state index contributed by atoms with van der Waals surface area (Å²) in [6.45, 7) is 4.20. The summed E-state index contributed by atoms with van der Waals surface area (Å²) in [6, 6.07) is 13.2. The topological polar surface area (TPSA) is 91.2 Å². The van der Waals surface area contributed by atoms with Gasteiger partial charge in [-0.25, -0.2) is 4.98 Å². The van der Waals surface area contributed by atoms with Crippen molar-refractivity contribution in [2.24, 2.45) is 0 Å². The Labute approximate surface area is 168 Å². The molecule has 29 heavy (non-hydrogen) atoms. The van der Waals surface area contributed by atoms with Crippen molar-refractivity contribution < 1.29 is 9.21 Å². The molecule has 7 nitrogen and oxygen atoms in total. The van der Waals surface area contributed by atoms with Crippen LogP contribution in [-0.4, -0.2) is 39.9 Å². The van der Waals surface area contributed by atoms with Gasteiger partial charge in [-0.2, -0.15) is 0 Å². The zero-order chi connectivity index (χ0) is 20.2. The lowest BCUT2D eigenvalue weighted by Gasteiger charge is -2.31. The molecule has 1 aliphatic heterocycles. The number of carbonyl (C=O) groups excluding carboxylic acids is 1. The van der Waals surface area contributed by atoms with Gasteiger partial charge in [-0.3, -0.25) is 14.5 Å². The van der Waals surface area contributed by atoms with Crippen LogP contribution in [-0.2, 0) is 6.54 Å². The fourth-order valence-corrected chi connectivity index (χ4v) is 3.57. The number of aromatic nitrogens is 2. The maximum absolute atomic E-state index is 12.4. The molecule has 1 saturated heterocycles. The first-order chi connectivity index (χ1) is 14.1.